The summed E-state index contributed by atoms with van der Waals surface area (Å²) >= 11 is 0. The lowest BCUT2D eigenvalue weighted by atomic mass is 9.99. The first-order chi connectivity index (χ1) is 14.5. The highest BCUT2D eigenvalue weighted by molar-refractivity contribution is 7.89. The highest BCUT2D eigenvalue weighted by Crippen LogP contribution is 2.29. The fraction of sp³-hybridized carbons (Fsp3) is 0.167. The maximum atomic E-state index is 13.4. The number of benzene rings is 3. The van der Waals surface area contributed by atoms with Crippen LogP contribution in [0.3, 0.4) is 0 Å². The number of hydrogen-bond donors (Lipinski definition) is 0. The van der Waals surface area contributed by atoms with E-state index in [1.165, 1.54) is 4.41 Å². The molecule has 1 heterocycles. The molecule has 3 aromatic rings. The van der Waals surface area contributed by atoms with Crippen LogP contribution in [0.2, 0.25) is 0 Å². The molecule has 1 unspecified atom stereocenters. The van der Waals surface area contributed by atoms with Gasteiger partial charge in [-0.2, -0.15) is 23.2 Å². The highest BCUT2D eigenvalue weighted by Gasteiger charge is 2.36. The van der Waals surface area contributed by atoms with Gasteiger partial charge in [-0.1, -0.05) is 60.2 Å². The Kier molecular flexibility index (Phi) is 5.39. The van der Waals surface area contributed by atoms with Gasteiger partial charge < -0.3 is 0 Å². The van der Waals surface area contributed by atoms with Crippen LogP contribution in [0.15, 0.2) is 88.9 Å². The first-order valence-corrected chi connectivity index (χ1v) is 11.1. The van der Waals surface area contributed by atoms with E-state index in [9.17, 15) is 8.42 Å². The molecule has 0 bridgehead atoms. The molecule has 3 aromatic carbocycles. The molecule has 5 nitrogen and oxygen atoms in total. The van der Waals surface area contributed by atoms with E-state index in [2.05, 4.69) is 11.2 Å². The van der Waals surface area contributed by atoms with Crippen molar-refractivity contribution in [2.24, 2.45) is 5.10 Å². The first-order valence-electron chi connectivity index (χ1n) is 9.70. The van der Waals surface area contributed by atoms with Gasteiger partial charge in [-0.3, -0.25) is 0 Å². The number of nitrogens with zero attached hydrogens (tertiary/aromatic N) is 3. The van der Waals surface area contributed by atoms with Crippen LogP contribution in [0.4, 0.5) is 0 Å². The summed E-state index contributed by atoms with van der Waals surface area (Å²) < 4.78 is 28.1. The molecule has 0 radical (unpaired) electrons. The standard InChI is InChI=1S/C24H21N3O2S/c1-18-7-13-23(14-8-18)30(28,29)27-22(15-19-9-11-20(17-25)12-10-19)16-24(26-27)21-5-3-2-4-6-21/h2-14,22H,15-16H2,1H3. The third-order valence-electron chi connectivity index (χ3n) is 5.19. The Labute approximate surface area is 177 Å². The second-order valence-corrected chi connectivity index (χ2v) is 9.17. The van der Waals surface area contributed by atoms with Gasteiger partial charge in [0.25, 0.3) is 10.0 Å². The number of aryl methyl sites for hydroxylation is 1. The van der Waals surface area contributed by atoms with E-state index in [0.717, 1.165) is 22.4 Å². The topological polar surface area (TPSA) is 73.5 Å². The smallest absolute Gasteiger partial charge is 0.200 e. The predicted molar refractivity (Wildman–Crippen MR) is 116 cm³/mol. The van der Waals surface area contributed by atoms with E-state index in [0.29, 0.717) is 18.4 Å². The van der Waals surface area contributed by atoms with Crippen LogP contribution in [-0.2, 0) is 16.4 Å². The van der Waals surface area contributed by atoms with Crippen molar-refractivity contribution >= 4 is 15.7 Å². The van der Waals surface area contributed by atoms with Gasteiger partial charge in [0.05, 0.1) is 28.3 Å². The molecule has 0 fully saturated rings. The quantitative estimate of drug-likeness (QED) is 0.624. The van der Waals surface area contributed by atoms with Crippen LogP contribution in [0.25, 0.3) is 0 Å². The minimum atomic E-state index is -3.78. The van der Waals surface area contributed by atoms with E-state index >= 15 is 0 Å². The average Bonchev–Trinajstić information content (AvgIpc) is 3.20. The normalized spacial score (nSPS) is 16.2. The molecule has 0 saturated heterocycles. The summed E-state index contributed by atoms with van der Waals surface area (Å²) in [4.78, 5) is 0.232. The number of hydrazone groups is 1. The molecule has 4 rings (SSSR count). The highest BCUT2D eigenvalue weighted by atomic mass is 32.2. The number of rotatable bonds is 5. The van der Waals surface area contributed by atoms with Gasteiger partial charge in [0, 0.05) is 6.42 Å². The van der Waals surface area contributed by atoms with E-state index < -0.39 is 10.0 Å². The molecule has 0 spiro atoms. The van der Waals surface area contributed by atoms with Crippen molar-refractivity contribution < 1.29 is 8.42 Å². The Morgan fingerprint density at radius 3 is 2.30 bits per heavy atom. The Hall–Kier alpha value is -3.43. The number of sulfonamides is 1. The molecule has 0 amide bonds. The minimum absolute atomic E-state index is 0.232. The van der Waals surface area contributed by atoms with Crippen LogP contribution >= 0.6 is 0 Å². The lowest BCUT2D eigenvalue weighted by molar-refractivity contribution is 0.361. The second kappa shape index (κ2) is 8.13. The summed E-state index contributed by atoms with van der Waals surface area (Å²) in [6.07, 6.45) is 1.03. The van der Waals surface area contributed by atoms with E-state index in [-0.39, 0.29) is 10.9 Å². The van der Waals surface area contributed by atoms with Crippen molar-refractivity contribution in [2.75, 3.05) is 0 Å². The fourth-order valence-electron chi connectivity index (χ4n) is 3.55. The maximum absolute atomic E-state index is 13.4. The third-order valence-corrected chi connectivity index (χ3v) is 6.93. The van der Waals surface area contributed by atoms with E-state index in [4.69, 9.17) is 5.26 Å². The van der Waals surface area contributed by atoms with Gasteiger partial charge in [-0.05, 0) is 48.7 Å². The molecule has 30 heavy (non-hydrogen) atoms. The summed E-state index contributed by atoms with van der Waals surface area (Å²) in [7, 11) is -3.78. The van der Waals surface area contributed by atoms with Gasteiger partial charge in [-0.25, -0.2) is 0 Å². The minimum Gasteiger partial charge on any atom is -0.200 e. The lowest BCUT2D eigenvalue weighted by Crippen LogP contribution is -2.34. The monoisotopic (exact) mass is 415 g/mol. The van der Waals surface area contributed by atoms with Crippen molar-refractivity contribution in [1.29, 1.82) is 5.26 Å². The molecule has 0 saturated carbocycles. The Balaban J connectivity index is 1.70. The van der Waals surface area contributed by atoms with Crippen LogP contribution in [-0.4, -0.2) is 24.6 Å². The largest absolute Gasteiger partial charge is 0.279 e. The zero-order chi connectivity index (χ0) is 21.1. The molecule has 0 aromatic heterocycles. The number of hydrogen-bond acceptors (Lipinski definition) is 4. The summed E-state index contributed by atoms with van der Waals surface area (Å²) in [6, 6.07) is 25.5. The van der Waals surface area contributed by atoms with Crippen molar-refractivity contribution in [1.82, 2.24) is 4.41 Å². The molecule has 1 aliphatic rings. The van der Waals surface area contributed by atoms with Crippen LogP contribution in [0, 0.1) is 18.3 Å². The maximum Gasteiger partial charge on any atom is 0.279 e. The van der Waals surface area contributed by atoms with Gasteiger partial charge in [0.2, 0.25) is 0 Å². The molecule has 150 valence electrons. The van der Waals surface area contributed by atoms with Crippen LogP contribution < -0.4 is 0 Å². The molecule has 6 heteroatoms. The van der Waals surface area contributed by atoms with E-state index in [1.54, 1.807) is 36.4 Å². The number of nitriles is 1. The summed E-state index contributed by atoms with van der Waals surface area (Å²) in [6.45, 7) is 1.92. The summed E-state index contributed by atoms with van der Waals surface area (Å²) in [5.74, 6) is 0. The summed E-state index contributed by atoms with van der Waals surface area (Å²) in [5.41, 5.74) is 4.22. The Bertz CT molecular complexity index is 1210. The van der Waals surface area contributed by atoms with Crippen molar-refractivity contribution in [2.45, 2.75) is 30.7 Å². The molecular weight excluding hydrogens is 394 g/mol. The molecule has 1 atom stereocenters. The van der Waals surface area contributed by atoms with Crippen molar-refractivity contribution in [3.63, 3.8) is 0 Å². The van der Waals surface area contributed by atoms with Gasteiger partial charge in [0.1, 0.15) is 0 Å². The van der Waals surface area contributed by atoms with Gasteiger partial charge >= 0.3 is 0 Å². The molecular formula is C24H21N3O2S. The second-order valence-electron chi connectivity index (χ2n) is 7.37. The Morgan fingerprint density at radius 2 is 1.67 bits per heavy atom. The summed E-state index contributed by atoms with van der Waals surface area (Å²) in [5, 5.41) is 13.6. The SMILES string of the molecule is Cc1ccc(S(=O)(=O)N2N=C(c3ccccc3)CC2Cc2ccc(C#N)cc2)cc1. The van der Waals surface area contributed by atoms with Crippen LogP contribution in [0.1, 0.15) is 28.7 Å². The zero-order valence-corrected chi connectivity index (χ0v) is 17.4. The van der Waals surface area contributed by atoms with Crippen LogP contribution in [0.5, 0.6) is 0 Å². The van der Waals surface area contributed by atoms with Crippen molar-refractivity contribution in [3.8, 4) is 6.07 Å². The van der Waals surface area contributed by atoms with Crippen molar-refractivity contribution in [3.05, 3.63) is 101 Å². The predicted octanol–water partition coefficient (Wildman–Crippen LogP) is 4.28. The Morgan fingerprint density at radius 1 is 1.00 bits per heavy atom. The fourth-order valence-corrected chi connectivity index (χ4v) is 5.00. The molecule has 0 N–H and O–H groups in total. The lowest BCUT2D eigenvalue weighted by Gasteiger charge is -2.23. The average molecular weight is 416 g/mol. The first kappa shape index (κ1) is 19.9. The van der Waals surface area contributed by atoms with E-state index in [1.807, 2.05) is 49.4 Å². The molecule has 1 aliphatic heterocycles. The molecule has 0 aliphatic carbocycles. The third kappa shape index (κ3) is 3.98. The van der Waals surface area contributed by atoms with Gasteiger partial charge in [-0.15, -0.1) is 0 Å². The van der Waals surface area contributed by atoms with Gasteiger partial charge in [0.15, 0.2) is 0 Å². The zero-order valence-electron chi connectivity index (χ0n) is 16.6.